The summed E-state index contributed by atoms with van der Waals surface area (Å²) < 4.78 is 27.0. The molecule has 0 N–H and O–H groups in total. The van der Waals surface area contributed by atoms with Crippen molar-refractivity contribution in [2.45, 2.75) is 23.8 Å². The molecule has 0 aliphatic rings. The second-order valence-corrected chi connectivity index (χ2v) is 7.55. The van der Waals surface area contributed by atoms with Crippen molar-refractivity contribution in [1.29, 1.82) is 0 Å². The number of aromatic nitrogens is 2. The Morgan fingerprint density at radius 3 is 2.13 bits per heavy atom. The van der Waals surface area contributed by atoms with Crippen LogP contribution in [0.2, 0.25) is 0 Å². The third-order valence-electron chi connectivity index (χ3n) is 4.60. The first-order valence-electron chi connectivity index (χ1n) is 9.53. The standard InChI is InChI=1S/C22H24N2O6S/c1-6-18(19(25)13-7-9-15(26-2)10-8-13)31-22-24-23-21(30-22)14-11-16(27-3)20(29-5)17(12-14)28-4/h7-12,18H,6H2,1-5H3. The number of ketones is 1. The van der Waals surface area contributed by atoms with E-state index in [9.17, 15) is 4.79 Å². The second kappa shape index (κ2) is 10.2. The SMILES string of the molecule is CCC(Sc1nnc(-c2cc(OC)c(OC)c(OC)c2)o1)C(=O)c1ccc(OC)cc1. The van der Waals surface area contributed by atoms with E-state index in [1.165, 1.54) is 33.1 Å². The van der Waals surface area contributed by atoms with Gasteiger partial charge in [0.1, 0.15) is 5.75 Å². The van der Waals surface area contributed by atoms with Crippen LogP contribution >= 0.6 is 11.8 Å². The fraction of sp³-hybridized carbons (Fsp3) is 0.318. The number of rotatable bonds is 10. The average Bonchev–Trinajstić information content (AvgIpc) is 3.29. The molecule has 0 aliphatic carbocycles. The molecule has 0 amide bonds. The van der Waals surface area contributed by atoms with E-state index < -0.39 is 0 Å². The molecule has 1 atom stereocenters. The zero-order valence-corrected chi connectivity index (χ0v) is 18.8. The Morgan fingerprint density at radius 1 is 0.968 bits per heavy atom. The van der Waals surface area contributed by atoms with Gasteiger partial charge in [0.05, 0.1) is 33.7 Å². The first-order chi connectivity index (χ1) is 15.0. The van der Waals surface area contributed by atoms with Crippen molar-refractivity contribution in [3.8, 4) is 34.5 Å². The van der Waals surface area contributed by atoms with Crippen molar-refractivity contribution in [2.24, 2.45) is 0 Å². The third kappa shape index (κ3) is 4.93. The van der Waals surface area contributed by atoms with Gasteiger partial charge in [-0.1, -0.05) is 18.7 Å². The lowest BCUT2D eigenvalue weighted by Gasteiger charge is -2.13. The molecule has 1 heterocycles. The van der Waals surface area contributed by atoms with E-state index in [-0.39, 0.29) is 16.9 Å². The van der Waals surface area contributed by atoms with Crippen LogP contribution in [0.5, 0.6) is 23.0 Å². The molecule has 9 heteroatoms. The largest absolute Gasteiger partial charge is 0.497 e. The molecule has 0 fully saturated rings. The van der Waals surface area contributed by atoms with E-state index in [4.69, 9.17) is 23.4 Å². The molecular formula is C22H24N2O6S. The van der Waals surface area contributed by atoms with Gasteiger partial charge in [0, 0.05) is 11.1 Å². The monoisotopic (exact) mass is 444 g/mol. The number of Topliss-reactive ketones (excluding diaryl/α,β-unsaturated/α-hetero) is 1. The minimum Gasteiger partial charge on any atom is -0.497 e. The molecule has 164 valence electrons. The molecule has 3 aromatic rings. The number of benzene rings is 2. The maximum absolute atomic E-state index is 12.9. The highest BCUT2D eigenvalue weighted by molar-refractivity contribution is 8.00. The van der Waals surface area contributed by atoms with Crippen molar-refractivity contribution < 1.29 is 28.2 Å². The lowest BCUT2D eigenvalue weighted by molar-refractivity contribution is 0.0987. The van der Waals surface area contributed by atoms with Gasteiger partial charge >= 0.3 is 0 Å². The number of carbonyl (C=O) groups excluding carboxylic acids is 1. The second-order valence-electron chi connectivity index (χ2n) is 6.39. The third-order valence-corrected chi connectivity index (χ3v) is 5.80. The fourth-order valence-electron chi connectivity index (χ4n) is 2.96. The smallest absolute Gasteiger partial charge is 0.277 e. The molecule has 31 heavy (non-hydrogen) atoms. The van der Waals surface area contributed by atoms with Gasteiger partial charge in [-0.2, -0.15) is 0 Å². The molecule has 0 bridgehead atoms. The van der Waals surface area contributed by atoms with Crippen LogP contribution in [0.1, 0.15) is 23.7 Å². The van der Waals surface area contributed by atoms with Gasteiger partial charge in [0.2, 0.25) is 11.6 Å². The number of methoxy groups -OCH3 is 4. The number of nitrogens with zero attached hydrogens (tertiary/aromatic N) is 2. The topological polar surface area (TPSA) is 92.9 Å². The minimum absolute atomic E-state index is 0.0114. The van der Waals surface area contributed by atoms with E-state index in [0.29, 0.717) is 45.8 Å². The molecule has 8 nitrogen and oxygen atoms in total. The molecule has 1 aromatic heterocycles. The van der Waals surface area contributed by atoms with Crippen molar-refractivity contribution in [2.75, 3.05) is 28.4 Å². The zero-order chi connectivity index (χ0) is 22.4. The Morgan fingerprint density at radius 2 is 1.61 bits per heavy atom. The Bertz CT molecular complexity index is 1010. The van der Waals surface area contributed by atoms with Crippen molar-refractivity contribution in [3.63, 3.8) is 0 Å². The van der Waals surface area contributed by atoms with E-state index in [1.54, 1.807) is 43.5 Å². The summed E-state index contributed by atoms with van der Waals surface area (Å²) in [6.07, 6.45) is 0.609. The van der Waals surface area contributed by atoms with Crippen LogP contribution in [-0.2, 0) is 0 Å². The van der Waals surface area contributed by atoms with E-state index >= 15 is 0 Å². The lowest BCUT2D eigenvalue weighted by atomic mass is 10.1. The highest BCUT2D eigenvalue weighted by atomic mass is 32.2. The van der Waals surface area contributed by atoms with Crippen molar-refractivity contribution >= 4 is 17.5 Å². The number of hydrogen-bond acceptors (Lipinski definition) is 9. The first kappa shape index (κ1) is 22.5. The summed E-state index contributed by atoms with van der Waals surface area (Å²) in [6, 6.07) is 10.5. The van der Waals surface area contributed by atoms with Crippen LogP contribution in [0.4, 0.5) is 0 Å². The summed E-state index contributed by atoms with van der Waals surface area (Å²) in [5.74, 6) is 2.40. The normalized spacial score (nSPS) is 11.6. The summed E-state index contributed by atoms with van der Waals surface area (Å²) in [7, 11) is 6.19. The summed E-state index contributed by atoms with van der Waals surface area (Å²) in [6.45, 7) is 1.94. The van der Waals surface area contributed by atoms with E-state index in [1.807, 2.05) is 6.92 Å². The Kier molecular flexibility index (Phi) is 7.41. The molecular weight excluding hydrogens is 420 g/mol. The molecule has 0 aliphatic heterocycles. The van der Waals surface area contributed by atoms with Crippen LogP contribution in [0.25, 0.3) is 11.5 Å². The lowest BCUT2D eigenvalue weighted by Crippen LogP contribution is -2.16. The van der Waals surface area contributed by atoms with Crippen molar-refractivity contribution in [1.82, 2.24) is 10.2 Å². The van der Waals surface area contributed by atoms with Gasteiger partial charge in [-0.3, -0.25) is 4.79 Å². The molecule has 1 unspecified atom stereocenters. The van der Waals surface area contributed by atoms with Crippen LogP contribution in [0, 0.1) is 0 Å². The number of hydrogen-bond donors (Lipinski definition) is 0. The number of carbonyl (C=O) groups is 1. The minimum atomic E-state index is -0.360. The maximum Gasteiger partial charge on any atom is 0.277 e. The van der Waals surface area contributed by atoms with Gasteiger partial charge in [-0.05, 0) is 42.8 Å². The van der Waals surface area contributed by atoms with Crippen LogP contribution in [0.3, 0.4) is 0 Å². The Labute approximate surface area is 184 Å². The molecule has 0 saturated heterocycles. The number of thioether (sulfide) groups is 1. The van der Waals surface area contributed by atoms with Crippen LogP contribution < -0.4 is 18.9 Å². The molecule has 3 rings (SSSR count). The average molecular weight is 445 g/mol. The summed E-state index contributed by atoms with van der Waals surface area (Å²) >= 11 is 1.24. The predicted octanol–water partition coefficient (Wildman–Crippen LogP) is 4.52. The van der Waals surface area contributed by atoms with Crippen molar-refractivity contribution in [3.05, 3.63) is 42.0 Å². The Balaban J connectivity index is 1.82. The summed E-state index contributed by atoms with van der Waals surface area (Å²) in [4.78, 5) is 12.9. The van der Waals surface area contributed by atoms with Gasteiger partial charge in [0.15, 0.2) is 17.3 Å². The van der Waals surface area contributed by atoms with Gasteiger partial charge in [-0.15, -0.1) is 10.2 Å². The van der Waals surface area contributed by atoms with Gasteiger partial charge in [0.25, 0.3) is 5.22 Å². The maximum atomic E-state index is 12.9. The van der Waals surface area contributed by atoms with E-state index in [2.05, 4.69) is 10.2 Å². The zero-order valence-electron chi connectivity index (χ0n) is 18.0. The predicted molar refractivity (Wildman–Crippen MR) is 117 cm³/mol. The molecule has 2 aromatic carbocycles. The first-order valence-corrected chi connectivity index (χ1v) is 10.4. The quantitative estimate of drug-likeness (QED) is 0.330. The van der Waals surface area contributed by atoms with Crippen LogP contribution in [-0.4, -0.2) is 49.7 Å². The highest BCUT2D eigenvalue weighted by Crippen LogP contribution is 2.41. The number of ether oxygens (including phenoxy) is 4. The van der Waals surface area contributed by atoms with Gasteiger partial charge in [-0.25, -0.2) is 0 Å². The summed E-state index contributed by atoms with van der Waals surface area (Å²) in [5, 5.41) is 8.16. The van der Waals surface area contributed by atoms with Gasteiger partial charge < -0.3 is 23.4 Å². The highest BCUT2D eigenvalue weighted by Gasteiger charge is 2.24. The molecule has 0 radical (unpaired) electrons. The summed E-state index contributed by atoms with van der Waals surface area (Å²) in [5.41, 5.74) is 1.22. The molecule has 0 spiro atoms. The Hall–Kier alpha value is -3.20. The molecule has 0 saturated carbocycles. The van der Waals surface area contributed by atoms with Crippen LogP contribution in [0.15, 0.2) is 46.0 Å². The fourth-order valence-corrected chi connectivity index (χ4v) is 3.83. The van der Waals surface area contributed by atoms with E-state index in [0.717, 1.165) is 0 Å².